The van der Waals surface area contributed by atoms with Crippen LogP contribution in [0.5, 0.6) is 0 Å². The lowest BCUT2D eigenvalue weighted by Crippen LogP contribution is -2.46. The van der Waals surface area contributed by atoms with E-state index in [1.807, 2.05) is 24.3 Å². The zero-order chi connectivity index (χ0) is 14.2. The standard InChI is InChI=1S/C14H21N3O3/c1-19-8-9-20-7-6-15-14(18)13-10-16-11-4-2-3-5-12(11)17-13/h2-5,13,16-17H,6-10H2,1H3,(H,15,18). The number of anilines is 2. The lowest BCUT2D eigenvalue weighted by molar-refractivity contribution is -0.121. The first kappa shape index (κ1) is 14.6. The predicted molar refractivity (Wildman–Crippen MR) is 78.0 cm³/mol. The molecule has 3 N–H and O–H groups in total. The highest BCUT2D eigenvalue weighted by molar-refractivity contribution is 5.88. The Labute approximate surface area is 118 Å². The SMILES string of the molecule is COCCOCCNC(=O)C1CNc2ccccc2N1. The second-order valence-corrected chi connectivity index (χ2v) is 4.52. The number of fused-ring (bicyclic) bond motifs is 1. The molecule has 0 aromatic heterocycles. The van der Waals surface area contributed by atoms with Crippen molar-refractivity contribution in [3.8, 4) is 0 Å². The minimum absolute atomic E-state index is 0.0256. The molecule has 0 saturated carbocycles. The van der Waals surface area contributed by atoms with Gasteiger partial charge in [0.25, 0.3) is 0 Å². The normalized spacial score (nSPS) is 16.8. The van der Waals surface area contributed by atoms with Crippen molar-refractivity contribution >= 4 is 17.3 Å². The lowest BCUT2D eigenvalue weighted by Gasteiger charge is -2.27. The molecule has 6 heteroatoms. The van der Waals surface area contributed by atoms with Crippen molar-refractivity contribution in [3.05, 3.63) is 24.3 Å². The van der Waals surface area contributed by atoms with Gasteiger partial charge in [-0.2, -0.15) is 0 Å². The van der Waals surface area contributed by atoms with Gasteiger partial charge in [0.15, 0.2) is 0 Å². The maximum atomic E-state index is 12.0. The van der Waals surface area contributed by atoms with Gasteiger partial charge in [0, 0.05) is 20.2 Å². The minimum atomic E-state index is -0.260. The van der Waals surface area contributed by atoms with Crippen LogP contribution in [0.25, 0.3) is 0 Å². The number of hydrogen-bond acceptors (Lipinski definition) is 5. The van der Waals surface area contributed by atoms with Crippen LogP contribution in [0.1, 0.15) is 0 Å². The van der Waals surface area contributed by atoms with E-state index < -0.39 is 0 Å². The maximum absolute atomic E-state index is 12.0. The van der Waals surface area contributed by atoms with E-state index in [2.05, 4.69) is 16.0 Å². The number of rotatable bonds is 7. The second kappa shape index (κ2) is 7.72. The van der Waals surface area contributed by atoms with Crippen molar-refractivity contribution < 1.29 is 14.3 Å². The Morgan fingerprint density at radius 1 is 1.30 bits per heavy atom. The largest absolute Gasteiger partial charge is 0.382 e. The Balaban J connectivity index is 1.69. The zero-order valence-electron chi connectivity index (χ0n) is 11.6. The van der Waals surface area contributed by atoms with Crippen LogP contribution in [0.4, 0.5) is 11.4 Å². The Morgan fingerprint density at radius 3 is 2.90 bits per heavy atom. The summed E-state index contributed by atoms with van der Waals surface area (Å²) in [6.07, 6.45) is 0. The molecule has 20 heavy (non-hydrogen) atoms. The average Bonchev–Trinajstić information content (AvgIpc) is 2.50. The summed E-state index contributed by atoms with van der Waals surface area (Å²) in [5.41, 5.74) is 1.98. The number of carbonyl (C=O) groups is 1. The van der Waals surface area contributed by atoms with E-state index in [1.165, 1.54) is 0 Å². The molecular formula is C14H21N3O3. The van der Waals surface area contributed by atoms with Crippen molar-refractivity contribution in [1.82, 2.24) is 5.32 Å². The predicted octanol–water partition coefficient (Wildman–Crippen LogP) is 0.672. The van der Waals surface area contributed by atoms with E-state index in [0.29, 0.717) is 32.9 Å². The van der Waals surface area contributed by atoms with Gasteiger partial charge >= 0.3 is 0 Å². The highest BCUT2D eigenvalue weighted by Crippen LogP contribution is 2.24. The number of para-hydroxylation sites is 2. The van der Waals surface area contributed by atoms with Crippen molar-refractivity contribution in [2.24, 2.45) is 0 Å². The van der Waals surface area contributed by atoms with E-state index >= 15 is 0 Å². The first-order valence-electron chi connectivity index (χ1n) is 6.75. The van der Waals surface area contributed by atoms with Crippen LogP contribution < -0.4 is 16.0 Å². The van der Waals surface area contributed by atoms with Gasteiger partial charge in [0.05, 0.1) is 31.2 Å². The Morgan fingerprint density at radius 2 is 2.10 bits per heavy atom. The number of methoxy groups -OCH3 is 1. The number of amides is 1. The van der Waals surface area contributed by atoms with Gasteiger partial charge in [-0.25, -0.2) is 0 Å². The van der Waals surface area contributed by atoms with Crippen LogP contribution in [0.2, 0.25) is 0 Å². The van der Waals surface area contributed by atoms with E-state index in [4.69, 9.17) is 9.47 Å². The molecule has 0 radical (unpaired) electrons. The zero-order valence-corrected chi connectivity index (χ0v) is 11.6. The Bertz CT molecular complexity index is 439. The number of nitrogens with one attached hydrogen (secondary N) is 3. The number of carbonyl (C=O) groups excluding carboxylic acids is 1. The molecule has 0 fully saturated rings. The smallest absolute Gasteiger partial charge is 0.244 e. The summed E-state index contributed by atoms with van der Waals surface area (Å²) < 4.78 is 10.2. The van der Waals surface area contributed by atoms with Crippen molar-refractivity contribution in [1.29, 1.82) is 0 Å². The number of hydrogen-bond donors (Lipinski definition) is 3. The Hall–Kier alpha value is -1.79. The lowest BCUT2D eigenvalue weighted by atomic mass is 10.1. The van der Waals surface area contributed by atoms with Crippen LogP contribution in [-0.2, 0) is 14.3 Å². The molecule has 110 valence electrons. The molecule has 1 aromatic rings. The first-order valence-corrected chi connectivity index (χ1v) is 6.75. The van der Waals surface area contributed by atoms with Crippen molar-refractivity contribution in [2.45, 2.75) is 6.04 Å². The highest BCUT2D eigenvalue weighted by Gasteiger charge is 2.22. The molecule has 0 aliphatic carbocycles. The third kappa shape index (κ3) is 4.11. The summed E-state index contributed by atoms with van der Waals surface area (Å²) in [5, 5.41) is 9.32. The van der Waals surface area contributed by atoms with E-state index in [9.17, 15) is 4.79 Å². The van der Waals surface area contributed by atoms with Crippen LogP contribution in [0.15, 0.2) is 24.3 Å². The van der Waals surface area contributed by atoms with Crippen LogP contribution in [-0.4, -0.2) is 52.0 Å². The Kier molecular flexibility index (Phi) is 5.64. The topological polar surface area (TPSA) is 71.6 Å². The van der Waals surface area contributed by atoms with E-state index in [1.54, 1.807) is 7.11 Å². The summed E-state index contributed by atoms with van der Waals surface area (Å²) in [4.78, 5) is 12.0. The third-order valence-electron chi connectivity index (χ3n) is 3.05. The second-order valence-electron chi connectivity index (χ2n) is 4.52. The highest BCUT2D eigenvalue weighted by atomic mass is 16.5. The fraction of sp³-hybridized carbons (Fsp3) is 0.500. The van der Waals surface area contributed by atoms with Gasteiger partial charge in [0.1, 0.15) is 6.04 Å². The summed E-state index contributed by atoms with van der Waals surface area (Å²) in [5.74, 6) is -0.0256. The van der Waals surface area contributed by atoms with Gasteiger partial charge in [0.2, 0.25) is 5.91 Å². The van der Waals surface area contributed by atoms with Crippen molar-refractivity contribution in [3.63, 3.8) is 0 Å². The fourth-order valence-corrected chi connectivity index (χ4v) is 1.99. The summed E-state index contributed by atoms with van der Waals surface area (Å²) in [6.45, 7) is 2.68. The van der Waals surface area contributed by atoms with Crippen LogP contribution in [0.3, 0.4) is 0 Å². The summed E-state index contributed by atoms with van der Waals surface area (Å²) in [6, 6.07) is 7.59. The molecular weight excluding hydrogens is 258 g/mol. The molecule has 2 rings (SSSR count). The van der Waals surface area contributed by atoms with Gasteiger partial charge in [-0.3, -0.25) is 4.79 Å². The number of benzene rings is 1. The quantitative estimate of drug-likeness (QED) is 0.640. The third-order valence-corrected chi connectivity index (χ3v) is 3.05. The average molecular weight is 279 g/mol. The molecule has 1 unspecified atom stereocenters. The molecule has 1 aromatic carbocycles. The number of ether oxygens (including phenoxy) is 2. The molecule has 0 bridgehead atoms. The molecule has 0 saturated heterocycles. The van der Waals surface area contributed by atoms with Crippen LogP contribution in [0, 0.1) is 0 Å². The van der Waals surface area contributed by atoms with Crippen LogP contribution >= 0.6 is 0 Å². The monoisotopic (exact) mass is 279 g/mol. The van der Waals surface area contributed by atoms with Gasteiger partial charge in [-0.15, -0.1) is 0 Å². The van der Waals surface area contributed by atoms with Gasteiger partial charge in [-0.05, 0) is 12.1 Å². The summed E-state index contributed by atoms with van der Waals surface area (Å²) >= 11 is 0. The molecule has 6 nitrogen and oxygen atoms in total. The maximum Gasteiger partial charge on any atom is 0.244 e. The minimum Gasteiger partial charge on any atom is -0.382 e. The molecule has 0 spiro atoms. The fourth-order valence-electron chi connectivity index (χ4n) is 1.99. The molecule has 1 heterocycles. The molecule has 1 atom stereocenters. The van der Waals surface area contributed by atoms with E-state index in [-0.39, 0.29) is 11.9 Å². The summed E-state index contributed by atoms with van der Waals surface area (Å²) in [7, 11) is 1.63. The van der Waals surface area contributed by atoms with E-state index in [0.717, 1.165) is 11.4 Å². The molecule has 1 amide bonds. The van der Waals surface area contributed by atoms with Gasteiger partial charge < -0.3 is 25.4 Å². The van der Waals surface area contributed by atoms with Gasteiger partial charge in [-0.1, -0.05) is 12.1 Å². The first-order chi connectivity index (χ1) is 9.81. The van der Waals surface area contributed by atoms with Crippen molar-refractivity contribution in [2.75, 3.05) is 50.7 Å². The molecule has 1 aliphatic heterocycles. The molecule has 1 aliphatic rings.